The average Bonchev–Trinajstić information content (AvgIpc) is 3.12. The number of imidazole rings is 1. The van der Waals surface area contributed by atoms with E-state index >= 15 is 0 Å². The van der Waals surface area contributed by atoms with Crippen LogP contribution in [0.1, 0.15) is 0 Å². The second-order valence-corrected chi connectivity index (χ2v) is 6.01. The topological polar surface area (TPSA) is 70.1 Å². The number of para-hydroxylation sites is 2. The molecule has 0 radical (unpaired) electrons. The van der Waals surface area contributed by atoms with E-state index in [4.69, 9.17) is 0 Å². The Morgan fingerprint density at radius 1 is 1.19 bits per heavy atom. The molecule has 2 atom stereocenters. The molecule has 0 aliphatic carbocycles. The van der Waals surface area contributed by atoms with Gasteiger partial charge in [0.05, 0.1) is 11.0 Å². The average molecular weight is 286 g/mol. The monoisotopic (exact) mass is 286 g/mol. The summed E-state index contributed by atoms with van der Waals surface area (Å²) in [6.07, 6.45) is 0. The van der Waals surface area contributed by atoms with Crippen LogP contribution in [0, 0.1) is 11.8 Å². The molecule has 2 aromatic rings. The molecule has 2 fully saturated rings. The van der Waals surface area contributed by atoms with Crippen LogP contribution in [0.5, 0.6) is 0 Å². The summed E-state index contributed by atoms with van der Waals surface area (Å²) in [4.78, 5) is 29.2. The molecule has 2 aliphatic rings. The van der Waals surface area contributed by atoms with E-state index in [2.05, 4.69) is 10.3 Å². The van der Waals surface area contributed by atoms with Gasteiger partial charge in [0.2, 0.25) is 5.91 Å². The van der Waals surface area contributed by atoms with Crippen molar-refractivity contribution in [3.63, 3.8) is 0 Å². The fourth-order valence-electron chi connectivity index (χ4n) is 3.56. The number of nitrogens with zero attached hydrogens (tertiary/aromatic N) is 2. The number of hydrogen-bond acceptors (Lipinski definition) is 3. The number of aromatic nitrogens is 2. The molecule has 2 aliphatic heterocycles. The van der Waals surface area contributed by atoms with Crippen LogP contribution in [0.15, 0.2) is 29.1 Å². The minimum absolute atomic E-state index is 0.0382. The second-order valence-electron chi connectivity index (χ2n) is 6.01. The molecule has 21 heavy (non-hydrogen) atoms. The van der Waals surface area contributed by atoms with E-state index in [-0.39, 0.29) is 18.1 Å². The van der Waals surface area contributed by atoms with Crippen molar-refractivity contribution in [3.05, 3.63) is 34.7 Å². The molecule has 110 valence electrons. The lowest BCUT2D eigenvalue weighted by Gasteiger charge is -2.17. The van der Waals surface area contributed by atoms with Gasteiger partial charge >= 0.3 is 5.69 Å². The number of aromatic amines is 1. The fourth-order valence-corrected chi connectivity index (χ4v) is 3.56. The summed E-state index contributed by atoms with van der Waals surface area (Å²) in [5.74, 6) is 1.19. The van der Waals surface area contributed by atoms with E-state index in [1.54, 1.807) is 0 Å². The Bertz CT molecular complexity index is 735. The Morgan fingerprint density at radius 2 is 1.90 bits per heavy atom. The number of carbonyl (C=O) groups is 1. The number of nitrogens with one attached hydrogen (secondary N) is 2. The number of hydrogen-bond donors (Lipinski definition) is 2. The first-order chi connectivity index (χ1) is 10.2. The summed E-state index contributed by atoms with van der Waals surface area (Å²) in [7, 11) is 0. The quantitative estimate of drug-likeness (QED) is 0.817. The minimum Gasteiger partial charge on any atom is -0.340 e. The largest absolute Gasteiger partial charge is 0.340 e. The lowest BCUT2D eigenvalue weighted by Crippen LogP contribution is -2.36. The smallest absolute Gasteiger partial charge is 0.326 e. The normalized spacial score (nSPS) is 24.7. The zero-order valence-electron chi connectivity index (χ0n) is 11.7. The molecule has 1 amide bonds. The highest BCUT2D eigenvalue weighted by Crippen LogP contribution is 2.26. The van der Waals surface area contributed by atoms with Crippen LogP contribution < -0.4 is 11.0 Å². The highest BCUT2D eigenvalue weighted by atomic mass is 16.2. The number of amides is 1. The molecule has 6 heteroatoms. The summed E-state index contributed by atoms with van der Waals surface area (Å²) in [5, 5.41) is 3.36. The van der Waals surface area contributed by atoms with Gasteiger partial charge in [-0.15, -0.1) is 0 Å². The van der Waals surface area contributed by atoms with Gasteiger partial charge in [-0.1, -0.05) is 12.1 Å². The molecule has 1 aromatic carbocycles. The Hall–Kier alpha value is -2.08. The first kappa shape index (κ1) is 12.6. The van der Waals surface area contributed by atoms with Crippen molar-refractivity contribution in [1.29, 1.82) is 0 Å². The Morgan fingerprint density at radius 3 is 2.67 bits per heavy atom. The summed E-state index contributed by atoms with van der Waals surface area (Å²) in [5.41, 5.74) is 1.35. The molecule has 0 spiro atoms. The number of H-pyrrole nitrogens is 1. The van der Waals surface area contributed by atoms with Crippen molar-refractivity contribution >= 4 is 16.9 Å². The SMILES string of the molecule is O=C(Cn1c(=O)[nH]c2ccccc21)N1C[C@H]2CNC[C@H]2C1. The van der Waals surface area contributed by atoms with Crippen LogP contribution >= 0.6 is 0 Å². The third kappa shape index (κ3) is 2.06. The molecule has 0 bridgehead atoms. The lowest BCUT2D eigenvalue weighted by atomic mass is 10.0. The molecular formula is C15H18N4O2. The molecule has 0 saturated carbocycles. The van der Waals surface area contributed by atoms with Crippen molar-refractivity contribution in [2.75, 3.05) is 26.2 Å². The Balaban J connectivity index is 1.56. The van der Waals surface area contributed by atoms with E-state index in [1.807, 2.05) is 29.2 Å². The highest BCUT2D eigenvalue weighted by Gasteiger charge is 2.38. The van der Waals surface area contributed by atoms with Crippen molar-refractivity contribution in [2.24, 2.45) is 11.8 Å². The fraction of sp³-hybridized carbons (Fsp3) is 0.467. The highest BCUT2D eigenvalue weighted by molar-refractivity contribution is 5.80. The third-order valence-corrected chi connectivity index (χ3v) is 4.72. The lowest BCUT2D eigenvalue weighted by molar-refractivity contribution is -0.131. The van der Waals surface area contributed by atoms with Gasteiger partial charge in [-0.3, -0.25) is 9.36 Å². The molecule has 1 aromatic heterocycles. The van der Waals surface area contributed by atoms with Crippen molar-refractivity contribution in [2.45, 2.75) is 6.54 Å². The molecular weight excluding hydrogens is 268 g/mol. The van der Waals surface area contributed by atoms with Gasteiger partial charge in [0.25, 0.3) is 0 Å². The predicted octanol–water partition coefficient (Wildman–Crippen LogP) is 0.00740. The first-order valence-corrected chi connectivity index (χ1v) is 7.38. The van der Waals surface area contributed by atoms with Gasteiger partial charge in [-0.05, 0) is 24.0 Å². The van der Waals surface area contributed by atoms with Gasteiger partial charge in [0, 0.05) is 26.2 Å². The number of carbonyl (C=O) groups excluding carboxylic acids is 1. The number of likely N-dealkylation sites (tertiary alicyclic amines) is 1. The standard InChI is InChI=1S/C15H18N4O2/c20-14(18-7-10-5-16-6-11(10)8-18)9-19-13-4-2-1-3-12(13)17-15(19)21/h1-4,10-11,16H,5-9H2,(H,17,21)/t10-,11+. The van der Waals surface area contributed by atoms with Gasteiger partial charge in [-0.25, -0.2) is 4.79 Å². The van der Waals surface area contributed by atoms with Gasteiger partial charge in [-0.2, -0.15) is 0 Å². The van der Waals surface area contributed by atoms with Crippen LogP contribution in [-0.2, 0) is 11.3 Å². The summed E-state index contributed by atoms with van der Waals surface area (Å²) >= 11 is 0. The Kier molecular flexibility index (Phi) is 2.85. The molecule has 3 heterocycles. The number of rotatable bonds is 2. The van der Waals surface area contributed by atoms with E-state index in [1.165, 1.54) is 4.57 Å². The summed E-state index contributed by atoms with van der Waals surface area (Å²) in [6, 6.07) is 7.47. The van der Waals surface area contributed by atoms with E-state index < -0.39 is 0 Å². The molecule has 0 unspecified atom stereocenters. The van der Waals surface area contributed by atoms with Crippen LogP contribution in [-0.4, -0.2) is 46.5 Å². The van der Waals surface area contributed by atoms with E-state index in [0.717, 1.165) is 37.2 Å². The number of fused-ring (bicyclic) bond motifs is 2. The zero-order valence-corrected chi connectivity index (χ0v) is 11.7. The predicted molar refractivity (Wildman–Crippen MR) is 79.0 cm³/mol. The molecule has 6 nitrogen and oxygen atoms in total. The van der Waals surface area contributed by atoms with Crippen LogP contribution in [0.25, 0.3) is 11.0 Å². The van der Waals surface area contributed by atoms with Crippen molar-refractivity contribution in [3.8, 4) is 0 Å². The maximum absolute atomic E-state index is 12.5. The molecule has 2 N–H and O–H groups in total. The molecule has 2 saturated heterocycles. The maximum atomic E-state index is 12.5. The summed E-state index contributed by atoms with van der Waals surface area (Å²) in [6.45, 7) is 3.75. The van der Waals surface area contributed by atoms with Crippen LogP contribution in [0.2, 0.25) is 0 Å². The molecule has 4 rings (SSSR count). The van der Waals surface area contributed by atoms with Gasteiger partial charge < -0.3 is 15.2 Å². The maximum Gasteiger partial charge on any atom is 0.326 e. The van der Waals surface area contributed by atoms with E-state index in [0.29, 0.717) is 11.8 Å². The number of benzene rings is 1. The summed E-state index contributed by atoms with van der Waals surface area (Å²) < 4.78 is 1.53. The minimum atomic E-state index is -0.217. The zero-order chi connectivity index (χ0) is 14.4. The first-order valence-electron chi connectivity index (χ1n) is 7.38. The van der Waals surface area contributed by atoms with Gasteiger partial charge in [0.15, 0.2) is 0 Å². The third-order valence-electron chi connectivity index (χ3n) is 4.72. The Labute approximate surface area is 121 Å². The second kappa shape index (κ2) is 4.73. The van der Waals surface area contributed by atoms with E-state index in [9.17, 15) is 9.59 Å². The van der Waals surface area contributed by atoms with Crippen molar-refractivity contribution in [1.82, 2.24) is 19.8 Å². The van der Waals surface area contributed by atoms with Crippen LogP contribution in [0.3, 0.4) is 0 Å². The van der Waals surface area contributed by atoms with Gasteiger partial charge in [0.1, 0.15) is 6.54 Å². The van der Waals surface area contributed by atoms with Crippen molar-refractivity contribution < 1.29 is 4.79 Å². The van der Waals surface area contributed by atoms with Crippen LogP contribution in [0.4, 0.5) is 0 Å².